The molecule has 15 heavy (non-hydrogen) atoms. The van der Waals surface area contributed by atoms with Gasteiger partial charge in [-0.3, -0.25) is 0 Å². The topological polar surface area (TPSA) is 12.0 Å². The van der Waals surface area contributed by atoms with E-state index in [1.165, 1.54) is 19.4 Å². The van der Waals surface area contributed by atoms with Crippen molar-refractivity contribution in [2.24, 2.45) is 28.6 Å². The number of hydrogen-bond acceptors (Lipinski definition) is 1. The van der Waals surface area contributed by atoms with Crippen LogP contribution in [0, 0.1) is 28.6 Å². The first-order chi connectivity index (χ1) is 6.88. The lowest BCUT2D eigenvalue weighted by molar-refractivity contribution is 0.303. The molecule has 0 heterocycles. The van der Waals surface area contributed by atoms with Crippen LogP contribution in [0.4, 0.5) is 0 Å². The minimum absolute atomic E-state index is 0.638. The second-order valence-electron chi connectivity index (χ2n) is 7.07. The van der Waals surface area contributed by atoms with Gasteiger partial charge in [-0.15, -0.1) is 0 Å². The summed E-state index contributed by atoms with van der Waals surface area (Å²) < 4.78 is 0. The standard InChI is InChI=1S/C14H27N/c1-6-15-9-10(11-7-13(11,2)3)12-8-14(12,4)5/h10-12,15H,6-9H2,1-5H3. The molecule has 2 rings (SSSR count). The molecule has 88 valence electrons. The predicted octanol–water partition coefficient (Wildman–Crippen LogP) is 3.30. The van der Waals surface area contributed by atoms with Crippen LogP contribution in [-0.2, 0) is 0 Å². The van der Waals surface area contributed by atoms with Crippen molar-refractivity contribution >= 4 is 0 Å². The Bertz CT molecular complexity index is 220. The fraction of sp³-hybridized carbons (Fsp3) is 1.00. The van der Waals surface area contributed by atoms with Crippen molar-refractivity contribution < 1.29 is 0 Å². The Morgan fingerprint density at radius 3 is 1.73 bits per heavy atom. The third-order valence-electron chi connectivity index (χ3n) is 4.84. The van der Waals surface area contributed by atoms with E-state index in [9.17, 15) is 0 Å². The van der Waals surface area contributed by atoms with E-state index >= 15 is 0 Å². The Balaban J connectivity index is 1.93. The van der Waals surface area contributed by atoms with Crippen molar-refractivity contribution in [2.45, 2.75) is 47.5 Å². The van der Waals surface area contributed by atoms with Gasteiger partial charge in [0.1, 0.15) is 0 Å². The molecule has 0 radical (unpaired) electrons. The second kappa shape index (κ2) is 3.48. The molecule has 0 spiro atoms. The van der Waals surface area contributed by atoms with E-state index in [-0.39, 0.29) is 0 Å². The molecular formula is C14H27N. The first-order valence-corrected chi connectivity index (χ1v) is 6.59. The molecule has 0 aromatic carbocycles. The van der Waals surface area contributed by atoms with Crippen LogP contribution in [0.15, 0.2) is 0 Å². The summed E-state index contributed by atoms with van der Waals surface area (Å²) in [6.07, 6.45) is 2.91. The molecule has 2 aliphatic rings. The Labute approximate surface area is 95.0 Å². The van der Waals surface area contributed by atoms with Gasteiger partial charge < -0.3 is 5.32 Å². The first kappa shape index (κ1) is 11.4. The van der Waals surface area contributed by atoms with Crippen molar-refractivity contribution in [3.63, 3.8) is 0 Å². The van der Waals surface area contributed by atoms with Crippen LogP contribution >= 0.6 is 0 Å². The summed E-state index contributed by atoms with van der Waals surface area (Å²) in [5.41, 5.74) is 1.28. The highest BCUT2D eigenvalue weighted by Gasteiger charge is 2.59. The van der Waals surface area contributed by atoms with Crippen molar-refractivity contribution in [3.05, 3.63) is 0 Å². The van der Waals surface area contributed by atoms with Gasteiger partial charge in [0.2, 0.25) is 0 Å². The summed E-state index contributed by atoms with van der Waals surface area (Å²) in [6, 6.07) is 0. The van der Waals surface area contributed by atoms with Gasteiger partial charge >= 0.3 is 0 Å². The smallest absolute Gasteiger partial charge is 0.00149 e. The molecule has 2 atom stereocenters. The van der Waals surface area contributed by atoms with Gasteiger partial charge in [0.25, 0.3) is 0 Å². The van der Waals surface area contributed by atoms with Crippen LogP contribution in [0.25, 0.3) is 0 Å². The third kappa shape index (κ3) is 2.22. The van der Waals surface area contributed by atoms with Gasteiger partial charge in [-0.25, -0.2) is 0 Å². The lowest BCUT2D eigenvalue weighted by Crippen LogP contribution is -2.27. The van der Waals surface area contributed by atoms with E-state index in [1.807, 2.05) is 0 Å². The van der Waals surface area contributed by atoms with Crippen LogP contribution in [0.2, 0.25) is 0 Å². The molecule has 2 aliphatic carbocycles. The minimum Gasteiger partial charge on any atom is -0.317 e. The van der Waals surface area contributed by atoms with E-state index in [2.05, 4.69) is 39.9 Å². The fourth-order valence-electron chi connectivity index (χ4n) is 3.35. The molecule has 0 saturated heterocycles. The zero-order chi connectivity index (χ0) is 11.3. The summed E-state index contributed by atoms with van der Waals surface area (Å²) in [5.74, 6) is 2.92. The molecule has 2 unspecified atom stereocenters. The summed E-state index contributed by atoms with van der Waals surface area (Å²) in [6.45, 7) is 14.3. The van der Waals surface area contributed by atoms with E-state index in [4.69, 9.17) is 0 Å². The van der Waals surface area contributed by atoms with Crippen LogP contribution in [0.5, 0.6) is 0 Å². The van der Waals surface area contributed by atoms with Crippen LogP contribution in [0.1, 0.15) is 47.5 Å². The maximum atomic E-state index is 3.57. The molecule has 2 fully saturated rings. The maximum absolute atomic E-state index is 3.57. The largest absolute Gasteiger partial charge is 0.317 e. The highest BCUT2D eigenvalue weighted by molar-refractivity contribution is 5.08. The Kier molecular flexibility index (Phi) is 2.65. The summed E-state index contributed by atoms with van der Waals surface area (Å²) in [7, 11) is 0. The van der Waals surface area contributed by atoms with E-state index in [0.29, 0.717) is 10.8 Å². The molecule has 0 aromatic heterocycles. The minimum atomic E-state index is 0.638. The molecule has 2 saturated carbocycles. The summed E-state index contributed by atoms with van der Waals surface area (Å²) in [5, 5.41) is 3.57. The normalized spacial score (nSPS) is 37.4. The molecule has 0 amide bonds. The lowest BCUT2D eigenvalue weighted by Gasteiger charge is -2.20. The Hall–Kier alpha value is -0.0400. The monoisotopic (exact) mass is 209 g/mol. The van der Waals surface area contributed by atoms with Crippen LogP contribution in [-0.4, -0.2) is 13.1 Å². The Morgan fingerprint density at radius 2 is 1.47 bits per heavy atom. The summed E-state index contributed by atoms with van der Waals surface area (Å²) in [4.78, 5) is 0. The molecule has 1 N–H and O–H groups in total. The van der Waals surface area contributed by atoms with Crippen molar-refractivity contribution in [1.82, 2.24) is 5.32 Å². The number of rotatable bonds is 5. The van der Waals surface area contributed by atoms with Crippen LogP contribution in [0.3, 0.4) is 0 Å². The van der Waals surface area contributed by atoms with Crippen molar-refractivity contribution in [3.8, 4) is 0 Å². The highest BCUT2D eigenvalue weighted by Crippen LogP contribution is 2.65. The maximum Gasteiger partial charge on any atom is -0.00149 e. The average Bonchev–Trinajstić information content (AvgIpc) is 2.92. The fourth-order valence-corrected chi connectivity index (χ4v) is 3.35. The zero-order valence-corrected chi connectivity index (χ0v) is 11.1. The second-order valence-corrected chi connectivity index (χ2v) is 7.07. The van der Waals surface area contributed by atoms with Crippen molar-refractivity contribution in [1.29, 1.82) is 0 Å². The molecule has 0 bridgehead atoms. The van der Waals surface area contributed by atoms with Gasteiger partial charge in [0.05, 0.1) is 0 Å². The predicted molar refractivity (Wildman–Crippen MR) is 65.8 cm³/mol. The SMILES string of the molecule is CCNCC(C1CC1(C)C)C1CC1(C)C. The van der Waals surface area contributed by atoms with Gasteiger partial charge in [-0.2, -0.15) is 0 Å². The van der Waals surface area contributed by atoms with Gasteiger partial charge in [0, 0.05) is 0 Å². The van der Waals surface area contributed by atoms with E-state index in [1.54, 1.807) is 0 Å². The third-order valence-corrected chi connectivity index (χ3v) is 4.84. The van der Waals surface area contributed by atoms with Crippen LogP contribution < -0.4 is 5.32 Å². The molecule has 1 nitrogen and oxygen atoms in total. The van der Waals surface area contributed by atoms with E-state index < -0.39 is 0 Å². The molecular weight excluding hydrogens is 182 g/mol. The lowest BCUT2D eigenvalue weighted by atomic mass is 9.89. The first-order valence-electron chi connectivity index (χ1n) is 6.59. The van der Waals surface area contributed by atoms with E-state index in [0.717, 1.165) is 24.3 Å². The highest BCUT2D eigenvalue weighted by atomic mass is 14.9. The Morgan fingerprint density at radius 1 is 1.07 bits per heavy atom. The summed E-state index contributed by atoms with van der Waals surface area (Å²) >= 11 is 0. The molecule has 0 aliphatic heterocycles. The quantitative estimate of drug-likeness (QED) is 0.732. The van der Waals surface area contributed by atoms with Crippen molar-refractivity contribution in [2.75, 3.05) is 13.1 Å². The van der Waals surface area contributed by atoms with Gasteiger partial charge in [0.15, 0.2) is 0 Å². The van der Waals surface area contributed by atoms with Gasteiger partial charge in [-0.05, 0) is 54.5 Å². The number of nitrogens with one attached hydrogen (secondary N) is 1. The number of hydrogen-bond donors (Lipinski definition) is 1. The zero-order valence-electron chi connectivity index (χ0n) is 11.1. The average molecular weight is 209 g/mol. The molecule has 1 heteroatoms. The molecule has 0 aromatic rings. The van der Waals surface area contributed by atoms with Gasteiger partial charge in [-0.1, -0.05) is 34.6 Å².